The maximum atomic E-state index is 12.6. The molecule has 0 saturated heterocycles. The van der Waals surface area contributed by atoms with Gasteiger partial charge in [0.2, 0.25) is 0 Å². The van der Waals surface area contributed by atoms with E-state index in [1.54, 1.807) is 6.20 Å². The van der Waals surface area contributed by atoms with Crippen LogP contribution in [0.4, 0.5) is 0 Å². The van der Waals surface area contributed by atoms with E-state index in [9.17, 15) is 4.79 Å². The van der Waals surface area contributed by atoms with Gasteiger partial charge >= 0.3 is 5.97 Å². The van der Waals surface area contributed by atoms with Crippen molar-refractivity contribution in [3.8, 4) is 0 Å². The summed E-state index contributed by atoms with van der Waals surface area (Å²) in [5, 5.41) is 1.19. The number of aromatic amines is 1. The van der Waals surface area contributed by atoms with E-state index in [0.29, 0.717) is 13.2 Å². The standard InChI is InChI=1S/C25H25N3O3/c1-2-30-24(29)13-22-25-19(18-10-6-7-11-20(18)27-25)12-21(23-14-26-16-31-23)28(22)15-17-8-4-3-5-9-17/h3-11,14,16,21-22,27H,2,12-13,15H2,1H3/t21-,22-/m0/s1. The van der Waals surface area contributed by atoms with Gasteiger partial charge < -0.3 is 14.1 Å². The van der Waals surface area contributed by atoms with Crippen molar-refractivity contribution in [2.24, 2.45) is 0 Å². The number of hydrogen-bond acceptors (Lipinski definition) is 5. The van der Waals surface area contributed by atoms with E-state index in [-0.39, 0.29) is 24.5 Å². The highest BCUT2D eigenvalue weighted by Crippen LogP contribution is 2.45. The van der Waals surface area contributed by atoms with E-state index in [1.807, 2.05) is 31.2 Å². The summed E-state index contributed by atoms with van der Waals surface area (Å²) < 4.78 is 11.1. The molecule has 1 N–H and O–H groups in total. The van der Waals surface area contributed by atoms with Crippen molar-refractivity contribution in [3.05, 3.63) is 89.8 Å². The molecule has 158 valence electrons. The third-order valence-corrected chi connectivity index (χ3v) is 6.03. The molecule has 31 heavy (non-hydrogen) atoms. The number of nitrogens with one attached hydrogen (secondary N) is 1. The van der Waals surface area contributed by atoms with Crippen LogP contribution in [-0.4, -0.2) is 27.4 Å². The number of hydrogen-bond donors (Lipinski definition) is 1. The number of oxazole rings is 1. The average Bonchev–Trinajstić information content (AvgIpc) is 3.44. The van der Waals surface area contributed by atoms with Gasteiger partial charge in [0.25, 0.3) is 0 Å². The lowest BCUT2D eigenvalue weighted by Crippen LogP contribution is -2.39. The Hall–Kier alpha value is -3.38. The first-order chi connectivity index (χ1) is 15.2. The maximum Gasteiger partial charge on any atom is 0.307 e. The van der Waals surface area contributed by atoms with E-state index in [1.165, 1.54) is 22.9 Å². The smallest absolute Gasteiger partial charge is 0.307 e. The SMILES string of the molecule is CCOC(=O)C[C@H]1c2[nH]c3ccccc3c2C[C@@H](c2cnco2)N1Cc1ccccc1. The molecule has 4 aromatic rings. The highest BCUT2D eigenvalue weighted by molar-refractivity contribution is 5.85. The molecule has 0 spiro atoms. The van der Waals surface area contributed by atoms with Crippen LogP contribution in [0.3, 0.4) is 0 Å². The zero-order valence-corrected chi connectivity index (χ0v) is 17.5. The largest absolute Gasteiger partial charge is 0.466 e. The van der Waals surface area contributed by atoms with E-state index in [2.05, 4.69) is 45.2 Å². The molecular formula is C25H25N3O3. The van der Waals surface area contributed by atoms with Gasteiger partial charge in [-0.1, -0.05) is 48.5 Å². The molecule has 0 saturated carbocycles. The predicted octanol–water partition coefficient (Wildman–Crippen LogP) is 4.95. The fraction of sp³-hybridized carbons (Fsp3) is 0.280. The fourth-order valence-electron chi connectivity index (χ4n) is 4.68. The van der Waals surface area contributed by atoms with Gasteiger partial charge in [-0.25, -0.2) is 4.98 Å². The number of carbonyl (C=O) groups excluding carboxylic acids is 1. The summed E-state index contributed by atoms with van der Waals surface area (Å²) in [5.74, 6) is 0.606. The third kappa shape index (κ3) is 3.75. The Bertz CT molecular complexity index is 1170. The van der Waals surface area contributed by atoms with Gasteiger partial charge in [-0.3, -0.25) is 9.69 Å². The number of rotatable bonds is 6. The minimum absolute atomic E-state index is 0.0335. The van der Waals surface area contributed by atoms with Crippen LogP contribution in [0.15, 0.2) is 71.6 Å². The molecule has 6 heteroatoms. The van der Waals surface area contributed by atoms with Crippen LogP contribution in [0, 0.1) is 0 Å². The molecule has 6 nitrogen and oxygen atoms in total. The number of nitrogens with zero attached hydrogens (tertiary/aromatic N) is 2. The maximum absolute atomic E-state index is 12.6. The Morgan fingerprint density at radius 3 is 2.77 bits per heavy atom. The van der Waals surface area contributed by atoms with Crippen LogP contribution in [0.5, 0.6) is 0 Å². The van der Waals surface area contributed by atoms with Crippen LogP contribution < -0.4 is 0 Å². The number of carbonyl (C=O) groups is 1. The first-order valence-corrected chi connectivity index (χ1v) is 10.7. The molecule has 0 unspecified atom stereocenters. The summed E-state index contributed by atoms with van der Waals surface area (Å²) in [7, 11) is 0. The fourth-order valence-corrected chi connectivity index (χ4v) is 4.68. The molecule has 1 aliphatic rings. The highest BCUT2D eigenvalue weighted by atomic mass is 16.5. The van der Waals surface area contributed by atoms with Gasteiger partial charge in [0.15, 0.2) is 6.39 Å². The van der Waals surface area contributed by atoms with E-state index in [4.69, 9.17) is 9.15 Å². The Morgan fingerprint density at radius 1 is 1.19 bits per heavy atom. The minimum Gasteiger partial charge on any atom is -0.466 e. The highest BCUT2D eigenvalue weighted by Gasteiger charge is 2.40. The Balaban J connectivity index is 1.63. The molecule has 2 aromatic heterocycles. The lowest BCUT2D eigenvalue weighted by atomic mass is 9.88. The van der Waals surface area contributed by atoms with E-state index >= 15 is 0 Å². The lowest BCUT2D eigenvalue weighted by molar-refractivity contribution is -0.145. The van der Waals surface area contributed by atoms with E-state index < -0.39 is 0 Å². The van der Waals surface area contributed by atoms with Crippen molar-refractivity contribution in [1.29, 1.82) is 0 Å². The number of esters is 1. The normalized spacial score (nSPS) is 18.7. The van der Waals surface area contributed by atoms with E-state index in [0.717, 1.165) is 23.4 Å². The number of benzene rings is 2. The molecule has 2 atom stereocenters. The van der Waals surface area contributed by atoms with Crippen LogP contribution in [0.25, 0.3) is 10.9 Å². The molecular weight excluding hydrogens is 390 g/mol. The van der Waals surface area contributed by atoms with Crippen LogP contribution in [0.2, 0.25) is 0 Å². The summed E-state index contributed by atoms with van der Waals surface area (Å²) in [6.45, 7) is 2.90. The molecule has 2 aromatic carbocycles. The quantitative estimate of drug-likeness (QED) is 0.451. The van der Waals surface area contributed by atoms with Crippen molar-refractivity contribution in [2.45, 2.75) is 38.4 Å². The summed E-state index contributed by atoms with van der Waals surface area (Å²) in [6, 6.07) is 18.4. The molecule has 0 aliphatic carbocycles. The van der Waals surface area contributed by atoms with Gasteiger partial charge in [0.05, 0.1) is 31.3 Å². The first-order valence-electron chi connectivity index (χ1n) is 10.7. The monoisotopic (exact) mass is 415 g/mol. The molecule has 0 bridgehead atoms. The number of ether oxygens (including phenoxy) is 1. The van der Waals surface area contributed by atoms with Crippen molar-refractivity contribution in [2.75, 3.05) is 6.61 Å². The predicted molar refractivity (Wildman–Crippen MR) is 117 cm³/mol. The molecule has 5 rings (SSSR count). The third-order valence-electron chi connectivity index (χ3n) is 6.03. The van der Waals surface area contributed by atoms with Gasteiger partial charge in [0.1, 0.15) is 5.76 Å². The topological polar surface area (TPSA) is 71.4 Å². The van der Waals surface area contributed by atoms with Crippen molar-refractivity contribution < 1.29 is 13.9 Å². The molecule has 0 radical (unpaired) electrons. The molecule has 1 aliphatic heterocycles. The Morgan fingerprint density at radius 2 is 2.00 bits per heavy atom. The summed E-state index contributed by atoms with van der Waals surface area (Å²) in [4.78, 5) is 22.7. The number of fused-ring (bicyclic) bond motifs is 3. The zero-order valence-electron chi connectivity index (χ0n) is 17.5. The van der Waals surface area contributed by atoms with Crippen LogP contribution in [0.1, 0.15) is 48.0 Å². The van der Waals surface area contributed by atoms with Crippen molar-refractivity contribution in [3.63, 3.8) is 0 Å². The molecule has 0 amide bonds. The van der Waals surface area contributed by atoms with Crippen LogP contribution >= 0.6 is 0 Å². The van der Waals surface area contributed by atoms with Crippen molar-refractivity contribution in [1.82, 2.24) is 14.9 Å². The van der Waals surface area contributed by atoms with Gasteiger partial charge in [-0.15, -0.1) is 0 Å². The zero-order chi connectivity index (χ0) is 21.2. The van der Waals surface area contributed by atoms with Crippen molar-refractivity contribution >= 4 is 16.9 Å². The Labute approximate surface area is 180 Å². The van der Waals surface area contributed by atoms with Crippen LogP contribution in [-0.2, 0) is 22.5 Å². The lowest BCUT2D eigenvalue weighted by Gasteiger charge is -2.41. The summed E-state index contributed by atoms with van der Waals surface area (Å²) in [6.07, 6.45) is 4.30. The second-order valence-electron chi connectivity index (χ2n) is 7.87. The number of aromatic nitrogens is 2. The summed E-state index contributed by atoms with van der Waals surface area (Å²) >= 11 is 0. The molecule has 3 heterocycles. The second-order valence-corrected chi connectivity index (χ2v) is 7.87. The minimum atomic E-state index is -0.201. The van der Waals surface area contributed by atoms with Gasteiger partial charge in [0, 0.05) is 23.1 Å². The van der Waals surface area contributed by atoms with Gasteiger partial charge in [-0.05, 0) is 30.5 Å². The number of H-pyrrole nitrogens is 1. The second kappa shape index (κ2) is 8.40. The van der Waals surface area contributed by atoms with Gasteiger partial charge in [-0.2, -0.15) is 0 Å². The first kappa shape index (κ1) is 19.6. The Kier molecular flexibility index (Phi) is 5.30. The summed E-state index contributed by atoms with van der Waals surface area (Å²) in [5.41, 5.74) is 4.58. The average molecular weight is 415 g/mol. The molecule has 0 fully saturated rings. The number of para-hydroxylation sites is 1.